The Morgan fingerprint density at radius 1 is 1.28 bits per heavy atom. The maximum atomic E-state index is 6.06. The summed E-state index contributed by atoms with van der Waals surface area (Å²) in [5.74, 6) is 0.634. The van der Waals surface area contributed by atoms with Crippen LogP contribution < -0.4 is 5.32 Å². The zero-order valence-electron chi connectivity index (χ0n) is 11.5. The van der Waals surface area contributed by atoms with Gasteiger partial charge in [-0.2, -0.15) is 0 Å². The number of benzene rings is 1. The molecule has 0 saturated carbocycles. The largest absolute Gasteiger partial charge is 0.310 e. The van der Waals surface area contributed by atoms with E-state index in [1.54, 1.807) is 0 Å². The molecule has 3 heteroatoms. The molecule has 1 aromatic carbocycles. The van der Waals surface area contributed by atoms with Crippen LogP contribution in [0, 0.1) is 5.92 Å². The lowest BCUT2D eigenvalue weighted by Crippen LogP contribution is -2.27. The number of rotatable bonds is 7. The maximum Gasteiger partial charge on any atom is 0.0548 e. The first-order valence-corrected chi connectivity index (χ1v) is 7.95. The van der Waals surface area contributed by atoms with E-state index in [0.717, 1.165) is 22.5 Å². The van der Waals surface area contributed by atoms with Crippen LogP contribution in [0.2, 0.25) is 5.02 Å². The SMILES string of the molecule is CCCNC(c1ccc(Cl)c(Br)c1)C(C)CCC. The third kappa shape index (κ3) is 4.56. The Labute approximate surface area is 124 Å². The van der Waals surface area contributed by atoms with E-state index in [4.69, 9.17) is 11.6 Å². The lowest BCUT2D eigenvalue weighted by Gasteiger charge is -2.26. The van der Waals surface area contributed by atoms with Crippen molar-refractivity contribution in [2.24, 2.45) is 5.92 Å². The predicted molar refractivity (Wildman–Crippen MR) is 84.3 cm³/mol. The van der Waals surface area contributed by atoms with E-state index in [0.29, 0.717) is 12.0 Å². The van der Waals surface area contributed by atoms with Gasteiger partial charge in [0.1, 0.15) is 0 Å². The van der Waals surface area contributed by atoms with Crippen LogP contribution in [0.1, 0.15) is 51.6 Å². The molecule has 0 saturated heterocycles. The minimum Gasteiger partial charge on any atom is -0.310 e. The minimum atomic E-state index is 0.415. The van der Waals surface area contributed by atoms with Gasteiger partial charge in [-0.25, -0.2) is 0 Å². The van der Waals surface area contributed by atoms with Crippen molar-refractivity contribution in [2.45, 2.75) is 46.1 Å². The molecule has 1 nitrogen and oxygen atoms in total. The molecule has 102 valence electrons. The lowest BCUT2D eigenvalue weighted by molar-refractivity contribution is 0.363. The number of hydrogen-bond acceptors (Lipinski definition) is 1. The van der Waals surface area contributed by atoms with Crippen LogP contribution in [0.25, 0.3) is 0 Å². The van der Waals surface area contributed by atoms with Crippen molar-refractivity contribution in [3.63, 3.8) is 0 Å². The standard InChI is InChI=1S/C15H23BrClN/c1-4-6-11(3)15(18-9-5-2)12-7-8-14(17)13(16)10-12/h7-8,10-11,15,18H,4-6,9H2,1-3H3. The molecular formula is C15H23BrClN. The Kier molecular flexibility index (Phi) is 7.28. The zero-order valence-corrected chi connectivity index (χ0v) is 13.8. The highest BCUT2D eigenvalue weighted by Crippen LogP contribution is 2.30. The van der Waals surface area contributed by atoms with Crippen molar-refractivity contribution in [1.82, 2.24) is 5.32 Å². The number of nitrogens with one attached hydrogen (secondary N) is 1. The lowest BCUT2D eigenvalue weighted by atomic mass is 9.91. The van der Waals surface area contributed by atoms with Crippen molar-refractivity contribution in [1.29, 1.82) is 0 Å². The third-order valence-corrected chi connectivity index (χ3v) is 4.44. The first kappa shape index (κ1) is 16.0. The highest BCUT2D eigenvalue weighted by atomic mass is 79.9. The fraction of sp³-hybridized carbons (Fsp3) is 0.600. The van der Waals surface area contributed by atoms with E-state index < -0.39 is 0 Å². The summed E-state index contributed by atoms with van der Waals surface area (Å²) < 4.78 is 0.980. The molecule has 18 heavy (non-hydrogen) atoms. The first-order valence-electron chi connectivity index (χ1n) is 6.78. The van der Waals surface area contributed by atoms with Crippen molar-refractivity contribution in [3.05, 3.63) is 33.3 Å². The highest BCUT2D eigenvalue weighted by Gasteiger charge is 2.18. The average Bonchev–Trinajstić information content (AvgIpc) is 2.34. The second kappa shape index (κ2) is 8.19. The summed E-state index contributed by atoms with van der Waals surface area (Å²) in [7, 11) is 0. The summed E-state index contributed by atoms with van der Waals surface area (Å²) in [6.45, 7) is 7.82. The molecule has 0 spiro atoms. The smallest absolute Gasteiger partial charge is 0.0548 e. The zero-order chi connectivity index (χ0) is 13.5. The molecule has 0 amide bonds. The Morgan fingerprint density at radius 3 is 2.56 bits per heavy atom. The van der Waals surface area contributed by atoms with Gasteiger partial charge < -0.3 is 5.32 Å². The Bertz CT molecular complexity index is 368. The van der Waals surface area contributed by atoms with Crippen molar-refractivity contribution >= 4 is 27.5 Å². The third-order valence-electron chi connectivity index (χ3n) is 3.23. The van der Waals surface area contributed by atoms with E-state index >= 15 is 0 Å². The van der Waals surface area contributed by atoms with E-state index in [2.05, 4.69) is 54.2 Å². The highest BCUT2D eigenvalue weighted by molar-refractivity contribution is 9.10. The molecule has 0 heterocycles. The minimum absolute atomic E-state index is 0.415. The molecule has 2 unspecified atom stereocenters. The van der Waals surface area contributed by atoms with Crippen LogP contribution in [0.15, 0.2) is 22.7 Å². The van der Waals surface area contributed by atoms with Crippen molar-refractivity contribution in [3.8, 4) is 0 Å². The molecule has 1 aromatic rings. The van der Waals surface area contributed by atoms with Gasteiger partial charge in [-0.05, 0) is 58.9 Å². The van der Waals surface area contributed by atoms with Crippen molar-refractivity contribution in [2.75, 3.05) is 6.54 Å². The maximum absolute atomic E-state index is 6.06. The van der Waals surface area contributed by atoms with Gasteiger partial charge in [0.15, 0.2) is 0 Å². The predicted octanol–water partition coefficient (Wildman–Crippen LogP) is 5.58. The Balaban J connectivity index is 2.89. The second-order valence-electron chi connectivity index (χ2n) is 4.87. The summed E-state index contributed by atoms with van der Waals surface area (Å²) in [6, 6.07) is 6.66. The summed E-state index contributed by atoms with van der Waals surface area (Å²) in [6.07, 6.45) is 3.62. The summed E-state index contributed by atoms with van der Waals surface area (Å²) >= 11 is 9.57. The second-order valence-corrected chi connectivity index (χ2v) is 6.13. The van der Waals surface area contributed by atoms with Crippen molar-refractivity contribution < 1.29 is 0 Å². The summed E-state index contributed by atoms with van der Waals surface area (Å²) in [4.78, 5) is 0. The monoisotopic (exact) mass is 331 g/mol. The molecule has 0 bridgehead atoms. The molecule has 2 atom stereocenters. The average molecular weight is 333 g/mol. The molecule has 1 rings (SSSR count). The van der Waals surface area contributed by atoms with E-state index in [-0.39, 0.29) is 0 Å². The van der Waals surface area contributed by atoms with Gasteiger partial charge in [-0.1, -0.05) is 44.9 Å². The normalized spacial score (nSPS) is 14.5. The van der Waals surface area contributed by atoms with Crippen LogP contribution in [0.3, 0.4) is 0 Å². The van der Waals surface area contributed by atoms with E-state index in [1.807, 2.05) is 6.07 Å². The van der Waals surface area contributed by atoms with Gasteiger partial charge in [0, 0.05) is 10.5 Å². The molecule has 0 aliphatic rings. The Hall–Kier alpha value is -0.0500. The molecular weight excluding hydrogens is 310 g/mol. The number of halogens is 2. The molecule has 0 aromatic heterocycles. The van der Waals surface area contributed by atoms with Crippen LogP contribution >= 0.6 is 27.5 Å². The topological polar surface area (TPSA) is 12.0 Å². The van der Waals surface area contributed by atoms with E-state index in [1.165, 1.54) is 18.4 Å². The Morgan fingerprint density at radius 2 is 2.00 bits per heavy atom. The van der Waals surface area contributed by atoms with E-state index in [9.17, 15) is 0 Å². The van der Waals surface area contributed by atoms with Gasteiger partial charge in [0.2, 0.25) is 0 Å². The van der Waals surface area contributed by atoms with Gasteiger partial charge in [-0.3, -0.25) is 0 Å². The van der Waals surface area contributed by atoms with Crippen LogP contribution in [0.5, 0.6) is 0 Å². The fourth-order valence-electron chi connectivity index (χ4n) is 2.28. The van der Waals surface area contributed by atoms with Crippen LogP contribution in [-0.4, -0.2) is 6.54 Å². The van der Waals surface area contributed by atoms with Gasteiger partial charge in [-0.15, -0.1) is 0 Å². The molecule has 1 N–H and O–H groups in total. The summed E-state index contributed by atoms with van der Waals surface area (Å²) in [5.41, 5.74) is 1.32. The summed E-state index contributed by atoms with van der Waals surface area (Å²) in [5, 5.41) is 4.43. The van der Waals surface area contributed by atoms with Gasteiger partial charge in [0.25, 0.3) is 0 Å². The quantitative estimate of drug-likeness (QED) is 0.687. The molecule has 0 fully saturated rings. The van der Waals surface area contributed by atoms with Gasteiger partial charge >= 0.3 is 0 Å². The van der Waals surface area contributed by atoms with Gasteiger partial charge in [0.05, 0.1) is 5.02 Å². The number of hydrogen-bond donors (Lipinski definition) is 1. The van der Waals surface area contributed by atoms with Crippen LogP contribution in [0.4, 0.5) is 0 Å². The van der Waals surface area contributed by atoms with Crippen LogP contribution in [-0.2, 0) is 0 Å². The fourth-order valence-corrected chi connectivity index (χ4v) is 2.79. The molecule has 0 radical (unpaired) electrons. The molecule has 0 aliphatic carbocycles. The first-order chi connectivity index (χ1) is 8.60. The molecule has 0 aliphatic heterocycles.